The highest BCUT2D eigenvalue weighted by atomic mass is 32.2. The van der Waals surface area contributed by atoms with Crippen molar-refractivity contribution < 1.29 is 0 Å². The molecule has 0 amide bonds. The van der Waals surface area contributed by atoms with E-state index in [2.05, 4.69) is 22.4 Å². The molecular weight excluding hydrogens is 284 g/mol. The van der Waals surface area contributed by atoms with E-state index in [9.17, 15) is 9.59 Å². The number of thioether (sulfide) groups is 1. The zero-order valence-electron chi connectivity index (χ0n) is 12.0. The summed E-state index contributed by atoms with van der Waals surface area (Å²) in [6.45, 7) is 2.58. The Morgan fingerprint density at radius 2 is 1.95 bits per heavy atom. The van der Waals surface area contributed by atoms with Gasteiger partial charge < -0.3 is 10.2 Å². The summed E-state index contributed by atoms with van der Waals surface area (Å²) in [6, 6.07) is 0. The van der Waals surface area contributed by atoms with Gasteiger partial charge in [-0.3, -0.25) is 9.59 Å². The molecule has 1 N–H and O–H groups in total. The highest BCUT2D eigenvalue weighted by Gasteiger charge is 2.36. The van der Waals surface area contributed by atoms with E-state index >= 15 is 0 Å². The first-order valence-electron chi connectivity index (χ1n) is 7.82. The fraction of sp³-hybridized carbons (Fsp3) is 0.625. The number of anilines is 2. The van der Waals surface area contributed by atoms with Crippen molar-refractivity contribution in [2.75, 3.05) is 41.4 Å². The number of fused-ring (bicyclic) bond motifs is 2. The van der Waals surface area contributed by atoms with Gasteiger partial charge in [-0.1, -0.05) is 12.2 Å². The first-order valence-corrected chi connectivity index (χ1v) is 8.97. The monoisotopic (exact) mass is 304 g/mol. The molecule has 3 aliphatic rings. The molecule has 1 saturated carbocycles. The SMILES string of the molecule is O=c1c(NCC2CC3C=CC2C3)c(N2CCSCC2)c1=O. The van der Waals surface area contributed by atoms with Gasteiger partial charge in [-0.15, -0.1) is 0 Å². The van der Waals surface area contributed by atoms with Crippen LogP contribution in [0.5, 0.6) is 0 Å². The topological polar surface area (TPSA) is 49.4 Å². The summed E-state index contributed by atoms with van der Waals surface area (Å²) in [5, 5.41) is 3.30. The maximum Gasteiger partial charge on any atom is 0.253 e. The van der Waals surface area contributed by atoms with Gasteiger partial charge in [0.05, 0.1) is 0 Å². The van der Waals surface area contributed by atoms with Crippen LogP contribution < -0.4 is 21.1 Å². The van der Waals surface area contributed by atoms with Crippen molar-refractivity contribution in [3.05, 3.63) is 32.6 Å². The molecule has 2 bridgehead atoms. The molecule has 4 nitrogen and oxygen atoms in total. The Morgan fingerprint density at radius 3 is 2.62 bits per heavy atom. The molecule has 0 spiro atoms. The number of hydrogen-bond donors (Lipinski definition) is 1. The van der Waals surface area contributed by atoms with Crippen LogP contribution in [0.1, 0.15) is 12.8 Å². The van der Waals surface area contributed by atoms with E-state index in [0.29, 0.717) is 23.2 Å². The second-order valence-electron chi connectivity index (χ2n) is 6.40. The number of rotatable bonds is 4. The maximum absolute atomic E-state index is 11.9. The molecule has 112 valence electrons. The van der Waals surface area contributed by atoms with Gasteiger partial charge in [-0.05, 0) is 30.6 Å². The van der Waals surface area contributed by atoms with Crippen molar-refractivity contribution >= 4 is 23.1 Å². The minimum Gasteiger partial charge on any atom is -0.380 e. The van der Waals surface area contributed by atoms with Gasteiger partial charge in [0, 0.05) is 31.1 Å². The summed E-state index contributed by atoms with van der Waals surface area (Å²) < 4.78 is 0. The average molecular weight is 304 g/mol. The van der Waals surface area contributed by atoms with Crippen molar-refractivity contribution in [1.82, 2.24) is 0 Å². The van der Waals surface area contributed by atoms with E-state index < -0.39 is 0 Å². The summed E-state index contributed by atoms with van der Waals surface area (Å²) in [6.07, 6.45) is 7.15. The van der Waals surface area contributed by atoms with Gasteiger partial charge in [-0.25, -0.2) is 0 Å². The van der Waals surface area contributed by atoms with Crippen molar-refractivity contribution in [2.24, 2.45) is 17.8 Å². The van der Waals surface area contributed by atoms with Crippen LogP contribution >= 0.6 is 11.8 Å². The lowest BCUT2D eigenvalue weighted by atomic mass is 9.93. The second kappa shape index (κ2) is 5.20. The van der Waals surface area contributed by atoms with Gasteiger partial charge in [0.25, 0.3) is 10.9 Å². The number of allylic oxidation sites excluding steroid dienone is 2. The maximum atomic E-state index is 11.9. The Bertz CT molecular complexity index is 641. The third-order valence-corrected chi connectivity index (χ3v) is 6.11. The van der Waals surface area contributed by atoms with Crippen LogP contribution in [0.25, 0.3) is 0 Å². The highest BCUT2D eigenvalue weighted by molar-refractivity contribution is 7.99. The summed E-state index contributed by atoms with van der Waals surface area (Å²) in [5.41, 5.74) is 0.622. The fourth-order valence-corrected chi connectivity index (χ4v) is 4.90. The van der Waals surface area contributed by atoms with Gasteiger partial charge in [0.2, 0.25) is 0 Å². The van der Waals surface area contributed by atoms with E-state index in [-0.39, 0.29) is 10.9 Å². The van der Waals surface area contributed by atoms with Gasteiger partial charge in [0.1, 0.15) is 11.4 Å². The largest absolute Gasteiger partial charge is 0.380 e. The molecule has 0 aromatic heterocycles. The quantitative estimate of drug-likeness (QED) is 0.674. The Hall–Kier alpha value is -1.23. The molecule has 1 aromatic rings. The molecule has 5 heteroatoms. The number of hydrogen-bond acceptors (Lipinski definition) is 5. The smallest absolute Gasteiger partial charge is 0.253 e. The van der Waals surface area contributed by atoms with Crippen LogP contribution in [-0.2, 0) is 0 Å². The Balaban J connectivity index is 1.45. The fourth-order valence-electron chi connectivity index (χ4n) is 3.99. The Labute approximate surface area is 128 Å². The lowest BCUT2D eigenvalue weighted by Gasteiger charge is -2.31. The summed E-state index contributed by atoms with van der Waals surface area (Å²) >= 11 is 1.91. The molecule has 21 heavy (non-hydrogen) atoms. The molecule has 2 aliphatic carbocycles. The molecule has 1 heterocycles. The van der Waals surface area contributed by atoms with E-state index in [1.165, 1.54) is 12.8 Å². The first kappa shape index (κ1) is 13.4. The molecule has 1 aromatic carbocycles. The van der Waals surface area contributed by atoms with Crippen LogP contribution in [0, 0.1) is 17.8 Å². The minimum atomic E-state index is -0.318. The van der Waals surface area contributed by atoms with Crippen LogP contribution in [-0.4, -0.2) is 31.1 Å². The van der Waals surface area contributed by atoms with Crippen molar-refractivity contribution in [2.45, 2.75) is 12.8 Å². The molecule has 1 saturated heterocycles. The first-order chi connectivity index (χ1) is 10.2. The lowest BCUT2D eigenvalue weighted by molar-refractivity contribution is 0.471. The molecule has 1 aliphatic heterocycles. The van der Waals surface area contributed by atoms with Crippen molar-refractivity contribution in [3.63, 3.8) is 0 Å². The van der Waals surface area contributed by atoms with Crippen LogP contribution in [0.4, 0.5) is 11.4 Å². The van der Waals surface area contributed by atoms with Crippen molar-refractivity contribution in [3.8, 4) is 0 Å². The van der Waals surface area contributed by atoms with Gasteiger partial charge >= 0.3 is 0 Å². The van der Waals surface area contributed by atoms with Gasteiger partial charge in [0.15, 0.2) is 0 Å². The lowest BCUT2D eigenvalue weighted by Crippen LogP contribution is -2.46. The summed E-state index contributed by atoms with van der Waals surface area (Å²) in [7, 11) is 0. The zero-order valence-corrected chi connectivity index (χ0v) is 12.8. The number of nitrogens with zero attached hydrogens (tertiary/aromatic N) is 1. The van der Waals surface area contributed by atoms with E-state index in [1.807, 2.05) is 11.8 Å². The molecule has 4 rings (SSSR count). The Kier molecular flexibility index (Phi) is 3.32. The molecular formula is C16H20N2O2S. The van der Waals surface area contributed by atoms with Crippen LogP contribution in [0.3, 0.4) is 0 Å². The predicted octanol–water partition coefficient (Wildman–Crippen LogP) is 1.46. The van der Waals surface area contributed by atoms with Crippen molar-refractivity contribution in [1.29, 1.82) is 0 Å². The van der Waals surface area contributed by atoms with Crippen LogP contribution in [0.2, 0.25) is 0 Å². The normalized spacial score (nSPS) is 31.2. The summed E-state index contributed by atoms with van der Waals surface area (Å²) in [4.78, 5) is 25.8. The minimum absolute atomic E-state index is 0.294. The summed E-state index contributed by atoms with van der Waals surface area (Å²) in [5.74, 6) is 4.11. The number of nitrogens with one attached hydrogen (secondary N) is 1. The Morgan fingerprint density at radius 1 is 1.14 bits per heavy atom. The molecule has 2 fully saturated rings. The third kappa shape index (κ3) is 2.22. The van der Waals surface area contributed by atoms with Crippen LogP contribution in [0.15, 0.2) is 21.7 Å². The molecule has 0 radical (unpaired) electrons. The van der Waals surface area contributed by atoms with E-state index in [4.69, 9.17) is 0 Å². The standard InChI is InChI=1S/C16H20N2O2S/c19-15-13(14(16(15)20)18-3-5-21-6-4-18)17-9-12-8-10-1-2-11(12)7-10/h1-2,10-12,17H,3-9H2. The average Bonchev–Trinajstić information content (AvgIpc) is 3.14. The third-order valence-electron chi connectivity index (χ3n) is 5.17. The second-order valence-corrected chi connectivity index (χ2v) is 7.63. The molecule has 3 unspecified atom stereocenters. The predicted molar refractivity (Wildman–Crippen MR) is 88.2 cm³/mol. The van der Waals surface area contributed by atoms with E-state index in [0.717, 1.165) is 37.1 Å². The highest BCUT2D eigenvalue weighted by Crippen LogP contribution is 2.43. The zero-order chi connectivity index (χ0) is 14.4. The van der Waals surface area contributed by atoms with Gasteiger partial charge in [-0.2, -0.15) is 11.8 Å². The molecule has 3 atom stereocenters. The van der Waals surface area contributed by atoms with E-state index in [1.54, 1.807) is 0 Å².